The lowest BCUT2D eigenvalue weighted by atomic mass is 9.85. The number of Topliss-reactive ketones (excluding diaryl/α,β-unsaturated/α-hetero) is 1. The third-order valence-electron chi connectivity index (χ3n) is 6.77. The summed E-state index contributed by atoms with van der Waals surface area (Å²) in [6.07, 6.45) is -0.00124. The summed E-state index contributed by atoms with van der Waals surface area (Å²) in [4.78, 5) is 28.5. The van der Waals surface area contributed by atoms with Crippen molar-refractivity contribution in [3.8, 4) is 11.5 Å². The van der Waals surface area contributed by atoms with E-state index in [1.165, 1.54) is 4.90 Å². The topological polar surface area (TPSA) is 76.1 Å². The highest BCUT2D eigenvalue weighted by Gasteiger charge is 2.47. The molecular weight excluding hydrogens is 490 g/mol. The third kappa shape index (κ3) is 5.70. The van der Waals surface area contributed by atoms with E-state index in [-0.39, 0.29) is 22.9 Å². The Morgan fingerprint density at radius 1 is 0.974 bits per heavy atom. The molecule has 0 radical (unpaired) electrons. The molecular formula is C33H37NO5. The quantitative estimate of drug-likeness (QED) is 0.201. The summed E-state index contributed by atoms with van der Waals surface area (Å²) in [5.41, 5.74) is 3.65. The van der Waals surface area contributed by atoms with Crippen LogP contribution >= 0.6 is 0 Å². The summed E-state index contributed by atoms with van der Waals surface area (Å²) < 4.78 is 11.4. The molecule has 1 N–H and O–H groups in total. The summed E-state index contributed by atoms with van der Waals surface area (Å²) in [7, 11) is 0. The van der Waals surface area contributed by atoms with Crippen LogP contribution in [0.25, 0.3) is 5.76 Å². The number of benzene rings is 3. The Kier molecular flexibility index (Phi) is 7.86. The highest BCUT2D eigenvalue weighted by atomic mass is 16.5. The molecule has 1 atom stereocenters. The molecule has 4 rings (SSSR count). The van der Waals surface area contributed by atoms with Gasteiger partial charge in [-0.1, -0.05) is 45.0 Å². The van der Waals surface area contributed by atoms with Crippen LogP contribution in [0.5, 0.6) is 11.5 Å². The number of carbonyl (C=O) groups is 2. The maximum absolute atomic E-state index is 13.5. The molecule has 0 spiro atoms. The average molecular weight is 528 g/mol. The lowest BCUT2D eigenvalue weighted by Crippen LogP contribution is -2.29. The Labute approximate surface area is 230 Å². The molecule has 0 aromatic heterocycles. The van der Waals surface area contributed by atoms with Crippen LogP contribution in [0.15, 0.2) is 72.3 Å². The van der Waals surface area contributed by atoms with E-state index in [1.807, 2.05) is 52.0 Å². The highest BCUT2D eigenvalue weighted by Crippen LogP contribution is 2.43. The van der Waals surface area contributed by atoms with Gasteiger partial charge < -0.3 is 14.6 Å². The van der Waals surface area contributed by atoms with Gasteiger partial charge in [0.1, 0.15) is 17.3 Å². The highest BCUT2D eigenvalue weighted by molar-refractivity contribution is 6.51. The van der Waals surface area contributed by atoms with E-state index in [0.29, 0.717) is 29.4 Å². The molecule has 1 amide bonds. The molecule has 204 valence electrons. The lowest BCUT2D eigenvalue weighted by Gasteiger charge is -2.27. The minimum Gasteiger partial charge on any atom is -0.507 e. The van der Waals surface area contributed by atoms with E-state index in [1.54, 1.807) is 42.5 Å². The molecule has 6 nitrogen and oxygen atoms in total. The van der Waals surface area contributed by atoms with Crippen molar-refractivity contribution in [2.75, 3.05) is 11.5 Å². The SMILES string of the molecule is CCOc1ccc(N2C(=O)C(=O)/C(=C(\O)c3ccc(OC(C)C)c(C)c3)C2c2ccc(C(C)(C)C)cc2)cc1. The number of hydrogen-bond acceptors (Lipinski definition) is 5. The predicted octanol–water partition coefficient (Wildman–Crippen LogP) is 7.10. The molecule has 1 aliphatic heterocycles. The molecule has 0 saturated carbocycles. The van der Waals surface area contributed by atoms with Crippen LogP contribution in [0.1, 0.15) is 69.8 Å². The Hall–Kier alpha value is -4.06. The molecule has 39 heavy (non-hydrogen) atoms. The molecule has 1 heterocycles. The molecule has 6 heteroatoms. The molecule has 1 saturated heterocycles. The number of ether oxygens (including phenoxy) is 2. The van der Waals surface area contributed by atoms with Crippen molar-refractivity contribution >= 4 is 23.1 Å². The summed E-state index contributed by atoms with van der Waals surface area (Å²) in [5, 5.41) is 11.5. The number of nitrogens with zero attached hydrogens (tertiary/aromatic N) is 1. The number of rotatable bonds is 7. The smallest absolute Gasteiger partial charge is 0.300 e. The van der Waals surface area contributed by atoms with Gasteiger partial charge in [0.15, 0.2) is 0 Å². The first-order valence-electron chi connectivity index (χ1n) is 13.3. The number of amides is 1. The van der Waals surface area contributed by atoms with Crippen molar-refractivity contribution < 1.29 is 24.2 Å². The fourth-order valence-corrected chi connectivity index (χ4v) is 4.79. The molecule has 0 bridgehead atoms. The number of aliphatic hydroxyl groups is 1. The Bertz CT molecular complexity index is 1400. The number of aliphatic hydroxyl groups excluding tert-OH is 1. The van der Waals surface area contributed by atoms with E-state index in [2.05, 4.69) is 20.8 Å². The molecule has 1 aliphatic rings. The standard InChI is InChI=1S/C33H37NO5/c1-8-38-26-16-14-25(15-17-26)34-29(22-9-12-24(13-10-22)33(5,6)7)28(31(36)32(34)37)30(35)23-11-18-27(21(4)19-23)39-20(2)3/h9-20,29,35H,8H2,1-7H3/b30-28-. The zero-order valence-corrected chi connectivity index (χ0v) is 23.7. The van der Waals surface area contributed by atoms with Gasteiger partial charge in [-0.2, -0.15) is 0 Å². The first-order valence-corrected chi connectivity index (χ1v) is 13.3. The van der Waals surface area contributed by atoms with Crippen LogP contribution in [0.3, 0.4) is 0 Å². The second-order valence-electron chi connectivity index (χ2n) is 11.1. The molecule has 3 aromatic rings. The molecule has 1 fully saturated rings. The van der Waals surface area contributed by atoms with Crippen molar-refractivity contribution in [3.63, 3.8) is 0 Å². The monoisotopic (exact) mass is 527 g/mol. The van der Waals surface area contributed by atoms with Crippen LogP contribution in [-0.4, -0.2) is 29.5 Å². The Morgan fingerprint density at radius 2 is 1.62 bits per heavy atom. The lowest BCUT2D eigenvalue weighted by molar-refractivity contribution is -0.132. The van der Waals surface area contributed by atoms with Gasteiger partial charge in [0.2, 0.25) is 0 Å². The van der Waals surface area contributed by atoms with E-state index in [9.17, 15) is 14.7 Å². The minimum absolute atomic E-state index is 0.00124. The zero-order chi connectivity index (χ0) is 28.5. The Morgan fingerprint density at radius 3 is 2.15 bits per heavy atom. The van der Waals surface area contributed by atoms with E-state index >= 15 is 0 Å². The molecule has 1 unspecified atom stereocenters. The molecule has 3 aromatic carbocycles. The van der Waals surface area contributed by atoms with E-state index in [4.69, 9.17) is 9.47 Å². The zero-order valence-electron chi connectivity index (χ0n) is 23.7. The largest absolute Gasteiger partial charge is 0.507 e. The third-order valence-corrected chi connectivity index (χ3v) is 6.77. The van der Waals surface area contributed by atoms with Gasteiger partial charge in [0.25, 0.3) is 11.7 Å². The van der Waals surface area contributed by atoms with Crippen LogP contribution in [-0.2, 0) is 15.0 Å². The second-order valence-corrected chi connectivity index (χ2v) is 11.1. The van der Waals surface area contributed by atoms with Gasteiger partial charge in [-0.15, -0.1) is 0 Å². The van der Waals surface area contributed by atoms with Gasteiger partial charge >= 0.3 is 0 Å². The van der Waals surface area contributed by atoms with Gasteiger partial charge in [0.05, 0.1) is 24.3 Å². The maximum Gasteiger partial charge on any atom is 0.300 e. The van der Waals surface area contributed by atoms with E-state index in [0.717, 1.165) is 16.7 Å². The van der Waals surface area contributed by atoms with Crippen molar-refractivity contribution in [3.05, 3.63) is 94.6 Å². The Balaban J connectivity index is 1.87. The number of hydrogen-bond donors (Lipinski definition) is 1. The van der Waals surface area contributed by atoms with E-state index < -0.39 is 17.7 Å². The van der Waals surface area contributed by atoms with Gasteiger partial charge in [-0.3, -0.25) is 14.5 Å². The van der Waals surface area contributed by atoms with Crippen molar-refractivity contribution in [2.45, 2.75) is 66.0 Å². The summed E-state index contributed by atoms with van der Waals surface area (Å²) in [5.74, 6) is -0.270. The van der Waals surface area contributed by atoms with Crippen LogP contribution < -0.4 is 14.4 Å². The van der Waals surface area contributed by atoms with Crippen molar-refractivity contribution in [2.24, 2.45) is 0 Å². The fourth-order valence-electron chi connectivity index (χ4n) is 4.79. The van der Waals surface area contributed by atoms with Gasteiger partial charge in [0, 0.05) is 11.3 Å². The number of ketones is 1. The first-order chi connectivity index (χ1) is 18.4. The van der Waals surface area contributed by atoms with Crippen LogP contribution in [0.4, 0.5) is 5.69 Å². The normalized spacial score (nSPS) is 17.1. The summed E-state index contributed by atoms with van der Waals surface area (Å²) >= 11 is 0. The predicted molar refractivity (Wildman–Crippen MR) is 154 cm³/mol. The first kappa shape index (κ1) is 28.0. The number of anilines is 1. The van der Waals surface area contributed by atoms with Crippen LogP contribution in [0, 0.1) is 6.92 Å². The second kappa shape index (κ2) is 11.0. The van der Waals surface area contributed by atoms with Gasteiger partial charge in [-0.25, -0.2) is 0 Å². The van der Waals surface area contributed by atoms with Gasteiger partial charge in [-0.05, 0) is 92.3 Å². The average Bonchev–Trinajstić information content (AvgIpc) is 3.15. The van der Waals surface area contributed by atoms with Crippen molar-refractivity contribution in [1.29, 1.82) is 0 Å². The summed E-state index contributed by atoms with van der Waals surface area (Å²) in [6, 6.07) is 19.4. The number of carbonyl (C=O) groups excluding carboxylic acids is 2. The molecule has 0 aliphatic carbocycles. The van der Waals surface area contributed by atoms with Crippen LogP contribution in [0.2, 0.25) is 0 Å². The number of aryl methyl sites for hydroxylation is 1. The fraction of sp³-hybridized carbons (Fsp3) is 0.333. The van der Waals surface area contributed by atoms with Crippen molar-refractivity contribution in [1.82, 2.24) is 0 Å². The maximum atomic E-state index is 13.5. The minimum atomic E-state index is -0.802. The summed E-state index contributed by atoms with van der Waals surface area (Å²) in [6.45, 7) is 14.6.